The first-order chi connectivity index (χ1) is 15.2. The van der Waals surface area contributed by atoms with E-state index in [1.165, 1.54) is 5.06 Å². The van der Waals surface area contributed by atoms with Gasteiger partial charge in [-0.1, -0.05) is 48.4 Å². The summed E-state index contributed by atoms with van der Waals surface area (Å²) in [7, 11) is 0. The summed E-state index contributed by atoms with van der Waals surface area (Å²) >= 11 is 0. The zero-order chi connectivity index (χ0) is 21.3. The molecule has 1 aliphatic heterocycles. The molecule has 31 heavy (non-hydrogen) atoms. The Balaban J connectivity index is 1.59. The predicted octanol–water partition coefficient (Wildman–Crippen LogP) is 3.09. The summed E-state index contributed by atoms with van der Waals surface area (Å²) in [4.78, 5) is 26.3. The maximum absolute atomic E-state index is 12.2. The largest absolute Gasteiger partial charge is 0.350 e. The number of primary amides is 1. The highest BCUT2D eigenvalue weighted by atomic mass is 16.7. The first-order valence-corrected chi connectivity index (χ1v) is 9.86. The van der Waals surface area contributed by atoms with E-state index in [0.29, 0.717) is 13.0 Å². The number of aromatic nitrogens is 3. The van der Waals surface area contributed by atoms with E-state index in [1.807, 2.05) is 65.2 Å². The summed E-state index contributed by atoms with van der Waals surface area (Å²) in [5, 5.41) is 1.28. The van der Waals surface area contributed by atoms with Crippen LogP contribution in [0.2, 0.25) is 0 Å². The Morgan fingerprint density at radius 1 is 1.06 bits per heavy atom. The molecule has 152 valence electrons. The second-order valence-corrected chi connectivity index (χ2v) is 7.22. The van der Waals surface area contributed by atoms with Gasteiger partial charge < -0.3 is 5.73 Å². The second kappa shape index (κ2) is 7.59. The third-order valence-electron chi connectivity index (χ3n) is 5.47. The van der Waals surface area contributed by atoms with Crippen molar-refractivity contribution in [1.29, 1.82) is 0 Å². The number of amides is 2. The van der Waals surface area contributed by atoms with Crippen LogP contribution in [0.25, 0.3) is 5.65 Å². The lowest BCUT2D eigenvalue weighted by Crippen LogP contribution is -2.47. The summed E-state index contributed by atoms with van der Waals surface area (Å²) in [6.07, 6.45) is 7.53. The summed E-state index contributed by atoms with van der Waals surface area (Å²) in [5.74, 6) is 6.38. The van der Waals surface area contributed by atoms with Gasteiger partial charge in [0.1, 0.15) is 11.2 Å². The molecule has 0 bridgehead atoms. The lowest BCUT2D eigenvalue weighted by molar-refractivity contribution is -0.107. The van der Waals surface area contributed by atoms with Crippen molar-refractivity contribution < 1.29 is 9.63 Å². The van der Waals surface area contributed by atoms with Crippen molar-refractivity contribution in [1.82, 2.24) is 19.4 Å². The van der Waals surface area contributed by atoms with Gasteiger partial charge in [0, 0.05) is 24.4 Å². The monoisotopic (exact) mass is 409 g/mol. The van der Waals surface area contributed by atoms with Crippen LogP contribution < -0.4 is 5.73 Å². The average Bonchev–Trinajstić information content (AvgIpc) is 3.44. The number of hydrogen-bond donors (Lipinski definition) is 1. The van der Waals surface area contributed by atoms with Crippen molar-refractivity contribution in [2.75, 3.05) is 6.61 Å². The molecule has 1 aliphatic rings. The Morgan fingerprint density at radius 2 is 1.90 bits per heavy atom. The number of hydrogen-bond acceptors (Lipinski definition) is 4. The van der Waals surface area contributed by atoms with Gasteiger partial charge in [-0.3, -0.25) is 14.2 Å². The molecule has 1 saturated heterocycles. The molecule has 1 fully saturated rings. The van der Waals surface area contributed by atoms with Gasteiger partial charge in [0.15, 0.2) is 5.65 Å². The molecule has 2 aromatic heterocycles. The summed E-state index contributed by atoms with van der Waals surface area (Å²) in [5.41, 5.74) is 9.02. The van der Waals surface area contributed by atoms with E-state index in [-0.39, 0.29) is 0 Å². The highest BCUT2D eigenvalue weighted by Gasteiger charge is 2.47. The van der Waals surface area contributed by atoms with E-state index in [9.17, 15) is 4.79 Å². The van der Waals surface area contributed by atoms with Crippen molar-refractivity contribution in [2.24, 2.45) is 5.73 Å². The SMILES string of the molecule is NC(=O)N1OCCC1(c1ccccc1)c1cccc(C#Cc2cnc3cnccn23)c1. The van der Waals surface area contributed by atoms with Crippen molar-refractivity contribution in [3.8, 4) is 11.8 Å². The topological polar surface area (TPSA) is 85.8 Å². The smallest absolute Gasteiger partial charge is 0.339 e. The van der Waals surface area contributed by atoms with Gasteiger partial charge in [-0.25, -0.2) is 9.78 Å². The molecule has 0 saturated carbocycles. The van der Waals surface area contributed by atoms with E-state index in [1.54, 1.807) is 18.6 Å². The fraction of sp³-hybridized carbons (Fsp3) is 0.125. The molecule has 3 heterocycles. The highest BCUT2D eigenvalue weighted by molar-refractivity contribution is 5.73. The molecule has 2 amide bonds. The van der Waals surface area contributed by atoms with Gasteiger partial charge in [0.25, 0.3) is 0 Å². The van der Waals surface area contributed by atoms with Gasteiger partial charge in [-0.15, -0.1) is 0 Å². The summed E-state index contributed by atoms with van der Waals surface area (Å²) < 4.78 is 1.88. The number of urea groups is 1. The van der Waals surface area contributed by atoms with Crippen LogP contribution in [0, 0.1) is 11.8 Å². The Bertz CT molecular complexity index is 1320. The maximum atomic E-state index is 12.2. The van der Waals surface area contributed by atoms with Crippen LogP contribution >= 0.6 is 0 Å². The Labute approximate surface area is 179 Å². The number of carbonyl (C=O) groups excluding carboxylic acids is 1. The highest BCUT2D eigenvalue weighted by Crippen LogP contribution is 2.43. The molecule has 7 nitrogen and oxygen atoms in total. The Hall–Kier alpha value is -4.15. The molecule has 1 atom stereocenters. The molecule has 2 N–H and O–H groups in total. The quantitative estimate of drug-likeness (QED) is 0.516. The summed E-state index contributed by atoms with van der Waals surface area (Å²) in [6, 6.07) is 17.0. The molecule has 7 heteroatoms. The number of hydroxylamine groups is 2. The number of benzene rings is 2. The average molecular weight is 409 g/mol. The van der Waals surface area contributed by atoms with E-state index in [2.05, 4.69) is 21.8 Å². The second-order valence-electron chi connectivity index (χ2n) is 7.22. The standard InChI is InChI=1S/C24H19N5O2/c25-23(30)29-24(11-14-31-29,19-6-2-1-3-7-19)20-8-4-5-18(15-20)9-10-21-16-27-22-17-26-12-13-28(21)22/h1-8,12-13,15-17H,11,14H2,(H2,25,30). The number of nitrogens with zero attached hydrogens (tertiary/aromatic N) is 4. The number of carbonyl (C=O) groups is 1. The maximum Gasteiger partial charge on any atom is 0.339 e. The molecule has 4 aromatic rings. The summed E-state index contributed by atoms with van der Waals surface area (Å²) in [6.45, 7) is 0.392. The molecular weight excluding hydrogens is 390 g/mol. The van der Waals surface area contributed by atoms with E-state index >= 15 is 0 Å². The van der Waals surface area contributed by atoms with Crippen LogP contribution in [0.1, 0.15) is 28.8 Å². The zero-order valence-corrected chi connectivity index (χ0v) is 16.6. The fourth-order valence-electron chi connectivity index (χ4n) is 4.08. The minimum Gasteiger partial charge on any atom is -0.350 e. The van der Waals surface area contributed by atoms with Crippen molar-refractivity contribution >= 4 is 11.7 Å². The van der Waals surface area contributed by atoms with Crippen molar-refractivity contribution in [3.05, 3.63) is 102 Å². The van der Waals surface area contributed by atoms with Gasteiger partial charge >= 0.3 is 6.03 Å². The molecular formula is C24H19N5O2. The van der Waals surface area contributed by atoms with Crippen LogP contribution in [0.3, 0.4) is 0 Å². The zero-order valence-electron chi connectivity index (χ0n) is 16.6. The minimum absolute atomic E-state index is 0.392. The normalized spacial score (nSPS) is 18.0. The van der Waals surface area contributed by atoms with Crippen LogP contribution in [0.15, 0.2) is 79.4 Å². The van der Waals surface area contributed by atoms with Gasteiger partial charge in [0.2, 0.25) is 0 Å². The van der Waals surface area contributed by atoms with Crippen LogP contribution in [-0.2, 0) is 10.4 Å². The van der Waals surface area contributed by atoms with Gasteiger partial charge in [-0.2, -0.15) is 5.06 Å². The molecule has 2 aromatic carbocycles. The Morgan fingerprint density at radius 3 is 2.74 bits per heavy atom. The molecule has 1 unspecified atom stereocenters. The molecule has 0 radical (unpaired) electrons. The molecule has 5 rings (SSSR count). The van der Waals surface area contributed by atoms with Crippen molar-refractivity contribution in [2.45, 2.75) is 12.0 Å². The number of fused-ring (bicyclic) bond motifs is 1. The number of nitrogens with two attached hydrogens (primary N) is 1. The number of rotatable bonds is 2. The van der Waals surface area contributed by atoms with Crippen LogP contribution in [0.5, 0.6) is 0 Å². The van der Waals surface area contributed by atoms with Gasteiger partial charge in [0.05, 0.1) is 19.0 Å². The minimum atomic E-state index is -0.806. The van der Waals surface area contributed by atoms with Crippen molar-refractivity contribution in [3.63, 3.8) is 0 Å². The third-order valence-corrected chi connectivity index (χ3v) is 5.47. The predicted molar refractivity (Wildman–Crippen MR) is 115 cm³/mol. The Kier molecular flexibility index (Phi) is 4.62. The number of imidazole rings is 1. The fourth-order valence-corrected chi connectivity index (χ4v) is 4.08. The third kappa shape index (κ3) is 3.19. The van der Waals surface area contributed by atoms with E-state index in [4.69, 9.17) is 10.6 Å². The van der Waals surface area contributed by atoms with Crippen LogP contribution in [-0.4, -0.2) is 32.1 Å². The molecule has 0 aliphatic carbocycles. The molecule has 0 spiro atoms. The lowest BCUT2D eigenvalue weighted by atomic mass is 9.80. The van der Waals surface area contributed by atoms with E-state index < -0.39 is 11.6 Å². The first kappa shape index (κ1) is 18.9. The lowest BCUT2D eigenvalue weighted by Gasteiger charge is -2.36. The first-order valence-electron chi connectivity index (χ1n) is 9.86. The van der Waals surface area contributed by atoms with E-state index in [0.717, 1.165) is 28.0 Å². The van der Waals surface area contributed by atoms with Gasteiger partial charge in [-0.05, 0) is 29.2 Å². The van der Waals surface area contributed by atoms with Crippen LogP contribution in [0.4, 0.5) is 4.79 Å².